The van der Waals surface area contributed by atoms with Crippen molar-refractivity contribution in [1.82, 2.24) is 10.3 Å². The first-order chi connectivity index (χ1) is 9.81. The van der Waals surface area contributed by atoms with Gasteiger partial charge in [0.25, 0.3) is 0 Å². The van der Waals surface area contributed by atoms with E-state index in [1.54, 1.807) is 0 Å². The lowest BCUT2D eigenvalue weighted by Crippen LogP contribution is -2.21. The zero-order valence-electron chi connectivity index (χ0n) is 12.2. The number of nitrogens with one attached hydrogen (secondary N) is 1. The molecule has 1 N–H and O–H groups in total. The van der Waals surface area contributed by atoms with Crippen molar-refractivity contribution in [3.05, 3.63) is 36.0 Å². The molecule has 0 aliphatic heterocycles. The van der Waals surface area contributed by atoms with E-state index in [-0.39, 0.29) is 0 Å². The van der Waals surface area contributed by atoms with Crippen LogP contribution < -0.4 is 10.1 Å². The molecular weight excluding hydrogens is 248 g/mol. The molecular formula is C17H24N2O. The van der Waals surface area contributed by atoms with Crippen LogP contribution in [0.1, 0.15) is 38.2 Å². The Labute approximate surface area is 121 Å². The Balaban J connectivity index is 1.51. The van der Waals surface area contributed by atoms with E-state index in [0.717, 1.165) is 31.5 Å². The summed E-state index contributed by atoms with van der Waals surface area (Å²) < 4.78 is 5.91. The number of nitrogens with zero attached hydrogens (tertiary/aromatic N) is 1. The Hall–Kier alpha value is -1.35. The summed E-state index contributed by atoms with van der Waals surface area (Å²) in [5.41, 5.74) is 1.26. The minimum Gasteiger partial charge on any atom is -0.477 e. The third-order valence-electron chi connectivity index (χ3n) is 4.33. The fourth-order valence-corrected chi connectivity index (χ4v) is 2.62. The van der Waals surface area contributed by atoms with Crippen LogP contribution in [-0.2, 0) is 6.54 Å². The summed E-state index contributed by atoms with van der Waals surface area (Å²) in [4.78, 5) is 4.32. The normalized spacial score (nSPS) is 25.6. The van der Waals surface area contributed by atoms with E-state index in [4.69, 9.17) is 4.74 Å². The van der Waals surface area contributed by atoms with E-state index in [9.17, 15) is 0 Å². The summed E-state index contributed by atoms with van der Waals surface area (Å²) in [7, 11) is 0. The predicted octanol–water partition coefficient (Wildman–Crippen LogP) is 3.31. The van der Waals surface area contributed by atoms with Gasteiger partial charge in [-0.2, -0.15) is 0 Å². The molecule has 1 aromatic heterocycles. The summed E-state index contributed by atoms with van der Waals surface area (Å²) in [5, 5.41) is 3.52. The molecule has 0 amide bonds. The Morgan fingerprint density at radius 1 is 1.30 bits per heavy atom. The fraction of sp³-hybridized carbons (Fsp3) is 0.588. The molecule has 2 unspecified atom stereocenters. The van der Waals surface area contributed by atoms with Gasteiger partial charge in [-0.15, -0.1) is 0 Å². The molecule has 3 heteroatoms. The lowest BCUT2D eigenvalue weighted by molar-refractivity contribution is 0.192. The van der Waals surface area contributed by atoms with Gasteiger partial charge in [0.15, 0.2) is 0 Å². The van der Waals surface area contributed by atoms with Crippen molar-refractivity contribution in [1.29, 1.82) is 0 Å². The van der Waals surface area contributed by atoms with Crippen LogP contribution in [0.15, 0.2) is 30.5 Å². The molecule has 1 fully saturated rings. The van der Waals surface area contributed by atoms with Crippen molar-refractivity contribution in [2.75, 3.05) is 6.61 Å². The van der Waals surface area contributed by atoms with Gasteiger partial charge in [0, 0.05) is 24.8 Å². The van der Waals surface area contributed by atoms with Crippen LogP contribution in [-0.4, -0.2) is 17.6 Å². The third kappa shape index (κ3) is 3.83. The van der Waals surface area contributed by atoms with E-state index in [2.05, 4.69) is 41.5 Å². The number of hydrogen-bond donors (Lipinski definition) is 1. The van der Waals surface area contributed by atoms with Gasteiger partial charge in [0.2, 0.25) is 5.88 Å². The Morgan fingerprint density at radius 3 is 2.95 bits per heavy atom. The lowest BCUT2D eigenvalue weighted by Gasteiger charge is -2.24. The van der Waals surface area contributed by atoms with Crippen molar-refractivity contribution >= 4 is 0 Å². The summed E-state index contributed by atoms with van der Waals surface area (Å²) in [6.07, 6.45) is 11.4. The highest BCUT2D eigenvalue weighted by Gasteiger charge is 2.20. The topological polar surface area (TPSA) is 34.1 Å². The minimum atomic E-state index is 0.620. The standard InChI is InChI=1S/C17H24N2O/c1-13-4-2-3-5-15(13)12-20-17-10-14(8-9-18-17)11-19-16-6-7-16/h2-3,8-10,13,15-16,19H,4-7,11-12H2,1H3. The molecule has 0 radical (unpaired) electrons. The fourth-order valence-electron chi connectivity index (χ4n) is 2.62. The molecule has 2 aliphatic rings. The molecule has 2 aliphatic carbocycles. The largest absolute Gasteiger partial charge is 0.477 e. The first-order valence-corrected chi connectivity index (χ1v) is 7.77. The van der Waals surface area contributed by atoms with Crippen LogP contribution >= 0.6 is 0 Å². The van der Waals surface area contributed by atoms with Crippen LogP contribution in [0.25, 0.3) is 0 Å². The molecule has 108 valence electrons. The van der Waals surface area contributed by atoms with Gasteiger partial charge in [-0.3, -0.25) is 0 Å². The quantitative estimate of drug-likeness (QED) is 0.807. The van der Waals surface area contributed by atoms with Crippen LogP contribution in [0.3, 0.4) is 0 Å². The van der Waals surface area contributed by atoms with Gasteiger partial charge in [0.1, 0.15) is 0 Å². The number of pyridine rings is 1. The van der Waals surface area contributed by atoms with Gasteiger partial charge < -0.3 is 10.1 Å². The summed E-state index contributed by atoms with van der Waals surface area (Å²) >= 11 is 0. The lowest BCUT2D eigenvalue weighted by atomic mass is 9.85. The minimum absolute atomic E-state index is 0.620. The van der Waals surface area contributed by atoms with Crippen molar-refractivity contribution in [2.24, 2.45) is 11.8 Å². The molecule has 20 heavy (non-hydrogen) atoms. The molecule has 1 heterocycles. The molecule has 2 atom stereocenters. The van der Waals surface area contributed by atoms with Gasteiger partial charge in [-0.25, -0.2) is 4.98 Å². The van der Waals surface area contributed by atoms with E-state index in [0.29, 0.717) is 11.8 Å². The van der Waals surface area contributed by atoms with Crippen LogP contribution in [0, 0.1) is 11.8 Å². The van der Waals surface area contributed by atoms with E-state index in [1.165, 1.54) is 24.8 Å². The summed E-state index contributed by atoms with van der Waals surface area (Å²) in [5.74, 6) is 2.09. The summed E-state index contributed by atoms with van der Waals surface area (Å²) in [6.45, 7) is 4.01. The maximum absolute atomic E-state index is 5.91. The monoisotopic (exact) mass is 272 g/mol. The average molecular weight is 272 g/mol. The Morgan fingerprint density at radius 2 is 2.15 bits per heavy atom. The number of hydrogen-bond acceptors (Lipinski definition) is 3. The molecule has 3 rings (SSSR count). The molecule has 1 saturated carbocycles. The highest BCUT2D eigenvalue weighted by Crippen LogP contribution is 2.25. The van der Waals surface area contributed by atoms with E-state index >= 15 is 0 Å². The first kappa shape index (κ1) is 13.6. The summed E-state index contributed by atoms with van der Waals surface area (Å²) in [6, 6.07) is 4.87. The highest BCUT2D eigenvalue weighted by atomic mass is 16.5. The van der Waals surface area contributed by atoms with Gasteiger partial charge in [0.05, 0.1) is 6.61 Å². The van der Waals surface area contributed by atoms with E-state index in [1.807, 2.05) is 6.20 Å². The van der Waals surface area contributed by atoms with E-state index < -0.39 is 0 Å². The molecule has 0 saturated heterocycles. The van der Waals surface area contributed by atoms with Crippen LogP contribution in [0.4, 0.5) is 0 Å². The molecule has 1 aromatic rings. The van der Waals surface area contributed by atoms with Crippen molar-refractivity contribution < 1.29 is 4.74 Å². The van der Waals surface area contributed by atoms with Gasteiger partial charge in [-0.05, 0) is 49.1 Å². The molecule has 0 spiro atoms. The SMILES string of the molecule is CC1CC=CCC1COc1cc(CNC2CC2)ccn1. The maximum Gasteiger partial charge on any atom is 0.213 e. The molecule has 3 nitrogen and oxygen atoms in total. The Bertz CT molecular complexity index is 468. The number of ether oxygens (including phenoxy) is 1. The van der Waals surface area contributed by atoms with Gasteiger partial charge in [-0.1, -0.05) is 19.1 Å². The Kier molecular flexibility index (Phi) is 4.36. The van der Waals surface area contributed by atoms with Crippen LogP contribution in [0.2, 0.25) is 0 Å². The van der Waals surface area contributed by atoms with Crippen molar-refractivity contribution in [3.63, 3.8) is 0 Å². The maximum atomic E-state index is 5.91. The smallest absolute Gasteiger partial charge is 0.213 e. The predicted molar refractivity (Wildman–Crippen MR) is 80.6 cm³/mol. The van der Waals surface area contributed by atoms with Crippen LogP contribution in [0.5, 0.6) is 5.88 Å². The second-order valence-corrected chi connectivity index (χ2v) is 6.15. The average Bonchev–Trinajstić information content (AvgIpc) is 3.29. The number of rotatable bonds is 6. The second-order valence-electron chi connectivity index (χ2n) is 6.15. The second kappa shape index (κ2) is 6.40. The first-order valence-electron chi connectivity index (χ1n) is 7.77. The molecule has 0 bridgehead atoms. The molecule has 0 aromatic carbocycles. The number of allylic oxidation sites excluding steroid dienone is 2. The zero-order valence-corrected chi connectivity index (χ0v) is 12.2. The highest BCUT2D eigenvalue weighted by molar-refractivity contribution is 5.20. The zero-order chi connectivity index (χ0) is 13.8. The third-order valence-corrected chi connectivity index (χ3v) is 4.33. The van der Waals surface area contributed by atoms with Crippen molar-refractivity contribution in [3.8, 4) is 5.88 Å². The van der Waals surface area contributed by atoms with Gasteiger partial charge >= 0.3 is 0 Å². The number of aromatic nitrogens is 1. The van der Waals surface area contributed by atoms with Crippen molar-refractivity contribution in [2.45, 2.75) is 45.2 Å².